The molecule has 0 atom stereocenters. The summed E-state index contributed by atoms with van der Waals surface area (Å²) in [5.74, 6) is 3.34. The van der Waals surface area contributed by atoms with Gasteiger partial charge in [-0.3, -0.25) is 0 Å². The number of hydrogen-bond acceptors (Lipinski definition) is 1. The fourth-order valence-electron chi connectivity index (χ4n) is 7.22. The van der Waals surface area contributed by atoms with Gasteiger partial charge in [0.25, 0.3) is 0 Å². The first-order valence-electron chi connectivity index (χ1n) is 8.90. The molecular weight excluding hydrogens is 230 g/mol. The van der Waals surface area contributed by atoms with Gasteiger partial charge in [0, 0.05) is 6.54 Å². The summed E-state index contributed by atoms with van der Waals surface area (Å²) in [4.78, 5) is 0. The van der Waals surface area contributed by atoms with Crippen LogP contribution in [0.4, 0.5) is 0 Å². The molecule has 4 bridgehead atoms. The van der Waals surface area contributed by atoms with Crippen molar-refractivity contribution in [2.45, 2.75) is 70.6 Å². The Morgan fingerprint density at radius 1 is 0.842 bits per heavy atom. The van der Waals surface area contributed by atoms with Gasteiger partial charge in [0.15, 0.2) is 0 Å². The van der Waals surface area contributed by atoms with Crippen LogP contribution in [-0.2, 0) is 0 Å². The lowest BCUT2D eigenvalue weighted by Crippen LogP contribution is -2.58. The van der Waals surface area contributed by atoms with Crippen LogP contribution in [0.5, 0.6) is 0 Å². The zero-order valence-corrected chi connectivity index (χ0v) is 12.7. The monoisotopic (exact) mass is 261 g/mol. The van der Waals surface area contributed by atoms with Gasteiger partial charge in [0.05, 0.1) is 0 Å². The molecule has 0 radical (unpaired) electrons. The van der Waals surface area contributed by atoms with Gasteiger partial charge in [-0.2, -0.15) is 0 Å². The van der Waals surface area contributed by atoms with Crippen molar-refractivity contribution in [3.05, 3.63) is 0 Å². The minimum Gasteiger partial charge on any atom is -0.319 e. The summed E-state index contributed by atoms with van der Waals surface area (Å²) in [5.41, 5.74) is 1.43. The molecule has 1 heteroatoms. The average Bonchev–Trinajstić information content (AvgIpc) is 2.38. The van der Waals surface area contributed by atoms with E-state index < -0.39 is 0 Å². The van der Waals surface area contributed by atoms with Crippen LogP contribution in [-0.4, -0.2) is 13.6 Å². The van der Waals surface area contributed by atoms with E-state index in [2.05, 4.69) is 12.4 Å². The van der Waals surface area contributed by atoms with E-state index in [4.69, 9.17) is 0 Å². The SMILES string of the molecule is CNCC1(C23CC4CC(CC(C4)C2)C3)CCCCC1. The van der Waals surface area contributed by atoms with E-state index in [0.717, 1.165) is 23.2 Å². The van der Waals surface area contributed by atoms with Gasteiger partial charge in [0.2, 0.25) is 0 Å². The molecule has 0 unspecified atom stereocenters. The van der Waals surface area contributed by atoms with Crippen LogP contribution in [0.25, 0.3) is 0 Å². The highest BCUT2D eigenvalue weighted by Crippen LogP contribution is 2.68. The maximum atomic E-state index is 3.60. The van der Waals surface area contributed by atoms with Crippen molar-refractivity contribution in [3.8, 4) is 0 Å². The van der Waals surface area contributed by atoms with Crippen LogP contribution in [0.1, 0.15) is 70.6 Å². The first-order valence-corrected chi connectivity index (χ1v) is 8.90. The molecule has 1 nitrogen and oxygen atoms in total. The van der Waals surface area contributed by atoms with Crippen molar-refractivity contribution >= 4 is 0 Å². The second-order valence-corrected chi connectivity index (χ2v) is 8.57. The zero-order valence-electron chi connectivity index (χ0n) is 12.7. The van der Waals surface area contributed by atoms with E-state index in [1.165, 1.54) is 38.6 Å². The summed E-state index contributed by atoms with van der Waals surface area (Å²) in [6.07, 6.45) is 17.1. The predicted octanol–water partition coefficient (Wildman–Crippen LogP) is 4.37. The van der Waals surface area contributed by atoms with E-state index >= 15 is 0 Å². The van der Waals surface area contributed by atoms with Crippen molar-refractivity contribution in [1.82, 2.24) is 5.32 Å². The highest BCUT2D eigenvalue weighted by Gasteiger charge is 2.59. The maximum absolute atomic E-state index is 3.60. The van der Waals surface area contributed by atoms with Crippen molar-refractivity contribution in [2.75, 3.05) is 13.6 Å². The maximum Gasteiger partial charge on any atom is 0.00101 e. The lowest BCUT2D eigenvalue weighted by Gasteiger charge is -2.65. The van der Waals surface area contributed by atoms with Crippen LogP contribution < -0.4 is 5.32 Å². The Bertz CT molecular complexity index is 299. The first kappa shape index (κ1) is 12.7. The molecule has 0 aromatic heterocycles. The lowest BCUT2D eigenvalue weighted by molar-refractivity contribution is -0.143. The minimum absolute atomic E-state index is 0.677. The number of nitrogens with one attached hydrogen (secondary N) is 1. The molecule has 1 N–H and O–H groups in total. The molecule has 0 aromatic rings. The topological polar surface area (TPSA) is 12.0 Å². The van der Waals surface area contributed by atoms with E-state index in [9.17, 15) is 0 Å². The van der Waals surface area contributed by atoms with Crippen LogP contribution in [0.15, 0.2) is 0 Å². The third kappa shape index (κ3) is 1.83. The van der Waals surface area contributed by atoms with Gasteiger partial charge in [-0.25, -0.2) is 0 Å². The Morgan fingerprint density at radius 2 is 1.37 bits per heavy atom. The van der Waals surface area contributed by atoms with E-state index in [1.807, 2.05) is 0 Å². The second-order valence-electron chi connectivity index (χ2n) is 8.57. The smallest absolute Gasteiger partial charge is 0.00101 e. The van der Waals surface area contributed by atoms with E-state index in [-0.39, 0.29) is 0 Å². The van der Waals surface area contributed by atoms with Gasteiger partial charge in [0.1, 0.15) is 0 Å². The Labute approximate surface area is 118 Å². The van der Waals surface area contributed by atoms with E-state index in [0.29, 0.717) is 5.41 Å². The first-order chi connectivity index (χ1) is 9.25. The highest BCUT2D eigenvalue weighted by atomic mass is 14.9. The molecule has 5 fully saturated rings. The minimum atomic E-state index is 0.677. The normalized spacial score (nSPS) is 47.5. The molecule has 5 aliphatic rings. The summed E-state index contributed by atoms with van der Waals surface area (Å²) < 4.78 is 0. The second kappa shape index (κ2) is 4.48. The van der Waals surface area contributed by atoms with Crippen LogP contribution in [0, 0.1) is 28.6 Å². The van der Waals surface area contributed by atoms with Gasteiger partial charge in [-0.05, 0) is 87.0 Å². The largest absolute Gasteiger partial charge is 0.319 e. The molecule has 5 saturated carbocycles. The van der Waals surface area contributed by atoms with Crippen LogP contribution in [0.3, 0.4) is 0 Å². The Morgan fingerprint density at radius 3 is 1.84 bits per heavy atom. The molecule has 0 aromatic carbocycles. The summed E-state index contributed by atoms with van der Waals surface area (Å²) >= 11 is 0. The molecule has 5 aliphatic carbocycles. The standard InChI is InChI=1S/C18H31N/c1-19-13-17(5-3-2-4-6-17)18-10-14-7-15(11-18)9-16(8-14)12-18/h14-16,19H,2-13H2,1H3. The molecule has 108 valence electrons. The predicted molar refractivity (Wildman–Crippen MR) is 80.0 cm³/mol. The van der Waals surface area contributed by atoms with E-state index in [1.54, 1.807) is 38.5 Å². The van der Waals surface area contributed by atoms with Gasteiger partial charge in [-0.1, -0.05) is 19.3 Å². The molecule has 0 spiro atoms. The van der Waals surface area contributed by atoms with Crippen LogP contribution >= 0.6 is 0 Å². The summed E-state index contributed by atoms with van der Waals surface area (Å²) in [7, 11) is 2.19. The van der Waals surface area contributed by atoms with Gasteiger partial charge >= 0.3 is 0 Å². The average molecular weight is 261 g/mol. The third-order valence-corrected chi connectivity index (χ3v) is 7.49. The summed E-state index contributed by atoms with van der Waals surface area (Å²) in [6, 6.07) is 0. The fourth-order valence-corrected chi connectivity index (χ4v) is 7.22. The lowest BCUT2D eigenvalue weighted by atomic mass is 9.40. The van der Waals surface area contributed by atoms with Crippen molar-refractivity contribution in [1.29, 1.82) is 0 Å². The van der Waals surface area contributed by atoms with Crippen molar-refractivity contribution < 1.29 is 0 Å². The quantitative estimate of drug-likeness (QED) is 0.795. The zero-order chi connectivity index (χ0) is 12.9. The Balaban J connectivity index is 1.67. The van der Waals surface area contributed by atoms with Crippen LogP contribution in [0.2, 0.25) is 0 Å². The number of rotatable bonds is 3. The van der Waals surface area contributed by atoms with Crippen molar-refractivity contribution in [3.63, 3.8) is 0 Å². The molecule has 5 rings (SSSR count). The number of hydrogen-bond donors (Lipinski definition) is 1. The van der Waals surface area contributed by atoms with Gasteiger partial charge < -0.3 is 5.32 Å². The summed E-state index contributed by atoms with van der Waals surface area (Å²) in [6.45, 7) is 1.30. The molecular formula is C18H31N. The summed E-state index contributed by atoms with van der Waals surface area (Å²) in [5, 5.41) is 3.60. The van der Waals surface area contributed by atoms with Crippen molar-refractivity contribution in [2.24, 2.45) is 28.6 Å². The Kier molecular flexibility index (Phi) is 2.99. The molecule has 19 heavy (non-hydrogen) atoms. The Hall–Kier alpha value is -0.0400. The fraction of sp³-hybridized carbons (Fsp3) is 1.00. The highest BCUT2D eigenvalue weighted by molar-refractivity contribution is 5.10. The molecule has 0 saturated heterocycles. The molecule has 0 aliphatic heterocycles. The van der Waals surface area contributed by atoms with Gasteiger partial charge in [-0.15, -0.1) is 0 Å². The third-order valence-electron chi connectivity index (χ3n) is 7.49. The molecule has 0 heterocycles. The molecule has 0 amide bonds.